The van der Waals surface area contributed by atoms with Crippen molar-refractivity contribution in [3.8, 4) is 0 Å². The molecule has 1 aliphatic rings. The summed E-state index contributed by atoms with van der Waals surface area (Å²) >= 11 is 0. The summed E-state index contributed by atoms with van der Waals surface area (Å²) in [4.78, 5) is 19.0. The molecule has 2 atom stereocenters. The lowest BCUT2D eigenvalue weighted by atomic mass is 9.97. The second-order valence-corrected chi connectivity index (χ2v) is 8.58. The molecular weight excluding hydrogens is 326 g/mol. The number of carbonyl (C=O) groups excluding carboxylic acids is 1. The standard InChI is InChI=1S/C17H23N3O3S/c1-12-7-6-8-13(2)20(12)16(21)11-19-15-10-5-4-9-14(15)18-17(19)24(3,22)23/h4-5,9-10,12-13H,6-8,11H2,1-3H3/t12-,13-/m1/s1. The fourth-order valence-corrected chi connectivity index (χ4v) is 4.45. The monoisotopic (exact) mass is 349 g/mol. The first-order valence-corrected chi connectivity index (χ1v) is 10.1. The molecule has 3 rings (SSSR count). The van der Waals surface area contributed by atoms with Gasteiger partial charge in [-0.3, -0.25) is 4.79 Å². The fourth-order valence-electron chi connectivity index (χ4n) is 3.62. The minimum absolute atomic E-state index is 0.00238. The Morgan fingerprint density at radius 1 is 1.21 bits per heavy atom. The van der Waals surface area contributed by atoms with Gasteiger partial charge in [0, 0.05) is 18.3 Å². The molecule has 130 valence electrons. The van der Waals surface area contributed by atoms with Gasteiger partial charge in [0.15, 0.2) is 0 Å². The van der Waals surface area contributed by atoms with Crippen molar-refractivity contribution < 1.29 is 13.2 Å². The van der Waals surface area contributed by atoms with Gasteiger partial charge >= 0.3 is 0 Å². The summed E-state index contributed by atoms with van der Waals surface area (Å²) in [6.07, 6.45) is 4.22. The Bertz CT molecular complexity index is 862. The summed E-state index contributed by atoms with van der Waals surface area (Å²) in [6, 6.07) is 7.55. The molecule has 7 heteroatoms. The average Bonchev–Trinajstić information content (AvgIpc) is 2.86. The molecule has 1 aromatic carbocycles. The van der Waals surface area contributed by atoms with E-state index < -0.39 is 9.84 Å². The third-order valence-electron chi connectivity index (χ3n) is 4.73. The smallest absolute Gasteiger partial charge is 0.243 e. The van der Waals surface area contributed by atoms with Crippen LogP contribution in [-0.4, -0.2) is 47.1 Å². The van der Waals surface area contributed by atoms with Crippen molar-refractivity contribution in [2.45, 2.75) is 56.9 Å². The topological polar surface area (TPSA) is 72.3 Å². The maximum Gasteiger partial charge on any atom is 0.243 e. The van der Waals surface area contributed by atoms with Gasteiger partial charge in [-0.15, -0.1) is 0 Å². The number of para-hydroxylation sites is 2. The lowest BCUT2D eigenvalue weighted by molar-refractivity contribution is -0.138. The number of nitrogens with zero attached hydrogens (tertiary/aromatic N) is 3. The van der Waals surface area contributed by atoms with Crippen LogP contribution >= 0.6 is 0 Å². The highest BCUT2D eigenvalue weighted by molar-refractivity contribution is 7.90. The van der Waals surface area contributed by atoms with Crippen LogP contribution in [0, 0.1) is 0 Å². The number of amides is 1. The number of piperidine rings is 1. The van der Waals surface area contributed by atoms with Crippen LogP contribution in [0.2, 0.25) is 0 Å². The average molecular weight is 349 g/mol. The van der Waals surface area contributed by atoms with E-state index in [2.05, 4.69) is 18.8 Å². The number of likely N-dealkylation sites (tertiary alicyclic amines) is 1. The van der Waals surface area contributed by atoms with Gasteiger partial charge in [0.05, 0.1) is 11.0 Å². The Morgan fingerprint density at radius 2 is 1.83 bits per heavy atom. The van der Waals surface area contributed by atoms with Crippen LogP contribution < -0.4 is 0 Å². The normalized spacial score (nSPS) is 22.0. The van der Waals surface area contributed by atoms with E-state index in [-0.39, 0.29) is 29.7 Å². The molecule has 0 bridgehead atoms. The molecule has 0 spiro atoms. The lowest BCUT2D eigenvalue weighted by Gasteiger charge is -2.39. The summed E-state index contributed by atoms with van der Waals surface area (Å²) in [5.74, 6) is -0.0530. The quantitative estimate of drug-likeness (QED) is 0.852. The van der Waals surface area contributed by atoms with Gasteiger partial charge in [-0.1, -0.05) is 12.1 Å². The molecule has 24 heavy (non-hydrogen) atoms. The number of hydrogen-bond acceptors (Lipinski definition) is 4. The Balaban J connectivity index is 2.01. The predicted octanol–water partition coefficient (Wildman–Crippen LogP) is 2.23. The molecule has 0 saturated carbocycles. The van der Waals surface area contributed by atoms with Gasteiger partial charge in [0.2, 0.25) is 20.9 Å². The second kappa shape index (κ2) is 6.20. The first kappa shape index (κ1) is 17.0. The lowest BCUT2D eigenvalue weighted by Crippen LogP contribution is -2.48. The molecule has 0 unspecified atom stereocenters. The Hall–Kier alpha value is -1.89. The number of hydrogen-bond donors (Lipinski definition) is 0. The van der Waals surface area contributed by atoms with E-state index in [9.17, 15) is 13.2 Å². The van der Waals surface area contributed by atoms with Gasteiger partial charge in [-0.05, 0) is 45.2 Å². The molecule has 0 N–H and O–H groups in total. The summed E-state index contributed by atoms with van der Waals surface area (Å²) in [6.45, 7) is 4.10. The van der Waals surface area contributed by atoms with E-state index in [1.54, 1.807) is 12.1 Å². The number of imidazole rings is 1. The van der Waals surface area contributed by atoms with Crippen molar-refractivity contribution in [2.75, 3.05) is 6.26 Å². The molecule has 2 heterocycles. The summed E-state index contributed by atoms with van der Waals surface area (Å²) < 4.78 is 25.7. The molecule has 1 aliphatic heterocycles. The maximum atomic E-state index is 12.9. The predicted molar refractivity (Wildman–Crippen MR) is 92.5 cm³/mol. The zero-order valence-corrected chi connectivity index (χ0v) is 15.1. The highest BCUT2D eigenvalue weighted by Crippen LogP contribution is 2.25. The number of rotatable bonds is 3. The van der Waals surface area contributed by atoms with Gasteiger partial charge in [-0.2, -0.15) is 0 Å². The number of aromatic nitrogens is 2. The minimum atomic E-state index is -3.52. The summed E-state index contributed by atoms with van der Waals surface area (Å²) in [7, 11) is -3.52. The number of carbonyl (C=O) groups is 1. The van der Waals surface area contributed by atoms with Crippen molar-refractivity contribution in [2.24, 2.45) is 0 Å². The molecule has 0 radical (unpaired) electrons. The van der Waals surface area contributed by atoms with E-state index in [0.717, 1.165) is 25.5 Å². The van der Waals surface area contributed by atoms with E-state index in [0.29, 0.717) is 11.0 Å². The molecule has 1 fully saturated rings. The number of benzene rings is 1. The Labute approximate surface area is 142 Å². The SMILES string of the molecule is C[C@@H]1CCC[C@@H](C)N1C(=O)Cn1c(S(C)(=O)=O)nc2ccccc21. The third-order valence-corrected chi connectivity index (χ3v) is 5.70. The van der Waals surface area contributed by atoms with Crippen LogP contribution in [0.15, 0.2) is 29.4 Å². The van der Waals surface area contributed by atoms with Crippen molar-refractivity contribution in [1.82, 2.24) is 14.5 Å². The summed E-state index contributed by atoms with van der Waals surface area (Å²) in [5.41, 5.74) is 1.26. The van der Waals surface area contributed by atoms with Crippen molar-refractivity contribution in [3.63, 3.8) is 0 Å². The first-order chi connectivity index (χ1) is 11.3. The molecule has 2 aromatic rings. The van der Waals surface area contributed by atoms with Crippen LogP contribution in [-0.2, 0) is 21.2 Å². The second-order valence-electron chi connectivity index (χ2n) is 6.67. The zero-order chi connectivity index (χ0) is 17.5. The van der Waals surface area contributed by atoms with Crippen LogP contribution in [0.4, 0.5) is 0 Å². The van der Waals surface area contributed by atoms with Crippen LogP contribution in [0.3, 0.4) is 0 Å². The van der Waals surface area contributed by atoms with Gasteiger partial charge in [0.1, 0.15) is 6.54 Å². The van der Waals surface area contributed by atoms with Gasteiger partial charge in [-0.25, -0.2) is 13.4 Å². The van der Waals surface area contributed by atoms with Gasteiger partial charge in [0.25, 0.3) is 0 Å². The molecule has 1 amide bonds. The molecular formula is C17H23N3O3S. The molecule has 1 saturated heterocycles. The van der Waals surface area contributed by atoms with E-state index in [4.69, 9.17) is 0 Å². The van der Waals surface area contributed by atoms with Crippen LogP contribution in [0.1, 0.15) is 33.1 Å². The largest absolute Gasteiger partial charge is 0.336 e. The van der Waals surface area contributed by atoms with E-state index >= 15 is 0 Å². The minimum Gasteiger partial charge on any atom is -0.336 e. The fraction of sp³-hybridized carbons (Fsp3) is 0.529. The highest BCUT2D eigenvalue weighted by Gasteiger charge is 2.30. The number of fused-ring (bicyclic) bond motifs is 1. The third kappa shape index (κ3) is 3.05. The van der Waals surface area contributed by atoms with Crippen molar-refractivity contribution in [3.05, 3.63) is 24.3 Å². The maximum absolute atomic E-state index is 12.9. The molecule has 1 aromatic heterocycles. The highest BCUT2D eigenvalue weighted by atomic mass is 32.2. The van der Waals surface area contributed by atoms with E-state index in [1.165, 1.54) is 4.57 Å². The van der Waals surface area contributed by atoms with Gasteiger partial charge < -0.3 is 9.47 Å². The van der Waals surface area contributed by atoms with E-state index in [1.807, 2.05) is 17.0 Å². The van der Waals surface area contributed by atoms with Crippen LogP contribution in [0.25, 0.3) is 11.0 Å². The van der Waals surface area contributed by atoms with Crippen LogP contribution in [0.5, 0.6) is 0 Å². The van der Waals surface area contributed by atoms with Crippen molar-refractivity contribution in [1.29, 1.82) is 0 Å². The number of sulfone groups is 1. The van der Waals surface area contributed by atoms with Crippen molar-refractivity contribution >= 4 is 26.8 Å². The Kier molecular flexibility index (Phi) is 4.38. The molecule has 6 nitrogen and oxygen atoms in total. The first-order valence-electron chi connectivity index (χ1n) is 8.25. The zero-order valence-electron chi connectivity index (χ0n) is 14.3. The molecule has 0 aliphatic carbocycles. The summed E-state index contributed by atoms with van der Waals surface area (Å²) in [5, 5.41) is -0.0469. The Morgan fingerprint density at radius 3 is 2.46 bits per heavy atom.